The van der Waals surface area contributed by atoms with Crippen molar-refractivity contribution in [3.63, 3.8) is 0 Å². The molecule has 5 nitrogen and oxygen atoms in total. The largest absolute Gasteiger partial charge is 0.361 e. The smallest absolute Gasteiger partial charge is 0.336 e. The van der Waals surface area contributed by atoms with Crippen molar-refractivity contribution in [2.24, 2.45) is 0 Å². The molecule has 118 valence electrons. The molecule has 0 aromatic carbocycles. The third-order valence-electron chi connectivity index (χ3n) is 3.94. The van der Waals surface area contributed by atoms with Gasteiger partial charge < -0.3 is 10.6 Å². The summed E-state index contributed by atoms with van der Waals surface area (Å²) in [6, 6.07) is -0.0610. The van der Waals surface area contributed by atoms with Crippen LogP contribution in [0.3, 0.4) is 0 Å². The molecule has 2 rings (SSSR count). The summed E-state index contributed by atoms with van der Waals surface area (Å²) in [5, 5.41) is 10.4. The second-order valence-electron chi connectivity index (χ2n) is 5.53. The number of hydrazine groups is 1. The number of rotatable bonds is 4. The third-order valence-corrected chi connectivity index (χ3v) is 4.29. The summed E-state index contributed by atoms with van der Waals surface area (Å²) in [7, 11) is 0. The van der Waals surface area contributed by atoms with E-state index >= 15 is 0 Å². The zero-order chi connectivity index (χ0) is 15.1. The summed E-state index contributed by atoms with van der Waals surface area (Å²) in [6.07, 6.45) is 9.46. The van der Waals surface area contributed by atoms with Crippen molar-refractivity contribution in [1.82, 2.24) is 20.7 Å². The molecule has 0 spiro atoms. The monoisotopic (exact) mass is 310 g/mol. The lowest BCUT2D eigenvalue weighted by atomic mass is 9.97. The Morgan fingerprint density at radius 3 is 2.76 bits per heavy atom. The highest BCUT2D eigenvalue weighted by Gasteiger charge is 2.28. The van der Waals surface area contributed by atoms with E-state index < -0.39 is 0 Å². The van der Waals surface area contributed by atoms with Crippen molar-refractivity contribution in [2.45, 2.75) is 45.4 Å². The first-order valence-corrected chi connectivity index (χ1v) is 8.41. The minimum absolute atomic E-state index is 0.0610. The van der Waals surface area contributed by atoms with Gasteiger partial charge >= 0.3 is 6.03 Å². The fraction of sp³-hybridized carbons (Fsp3) is 0.733. The first kappa shape index (κ1) is 16.1. The number of carbonyl (C=O) groups is 1. The summed E-state index contributed by atoms with van der Waals surface area (Å²) < 4.78 is 0. The van der Waals surface area contributed by atoms with E-state index in [2.05, 4.69) is 16.7 Å². The van der Waals surface area contributed by atoms with Crippen molar-refractivity contribution in [3.8, 4) is 0 Å². The fourth-order valence-electron chi connectivity index (χ4n) is 2.83. The molecular formula is C15H26N4OS. The number of thiocarbonyl (C=S) groups is 1. The quantitative estimate of drug-likeness (QED) is 0.618. The predicted molar refractivity (Wildman–Crippen MR) is 88.9 cm³/mol. The highest BCUT2D eigenvalue weighted by Crippen LogP contribution is 2.19. The van der Waals surface area contributed by atoms with Gasteiger partial charge in [0.1, 0.15) is 0 Å². The van der Waals surface area contributed by atoms with Gasteiger partial charge in [-0.25, -0.2) is 9.80 Å². The summed E-state index contributed by atoms with van der Waals surface area (Å²) in [5.74, 6) is 0. The molecule has 21 heavy (non-hydrogen) atoms. The molecular weight excluding hydrogens is 284 g/mol. The van der Waals surface area contributed by atoms with Gasteiger partial charge in [-0.1, -0.05) is 11.6 Å². The molecule has 1 aliphatic heterocycles. The van der Waals surface area contributed by atoms with E-state index in [4.69, 9.17) is 12.2 Å². The second-order valence-corrected chi connectivity index (χ2v) is 5.91. The molecule has 0 aromatic rings. The number of carbonyl (C=O) groups excluding carboxylic acids is 1. The van der Waals surface area contributed by atoms with Crippen molar-refractivity contribution < 1.29 is 4.79 Å². The van der Waals surface area contributed by atoms with Crippen LogP contribution in [-0.2, 0) is 0 Å². The zero-order valence-electron chi connectivity index (χ0n) is 12.9. The third kappa shape index (κ3) is 4.59. The second kappa shape index (κ2) is 8.22. The number of amides is 2. The highest BCUT2D eigenvalue weighted by molar-refractivity contribution is 7.80. The molecule has 1 heterocycles. The minimum Gasteiger partial charge on any atom is -0.361 e. The van der Waals surface area contributed by atoms with E-state index in [0.717, 1.165) is 32.5 Å². The summed E-state index contributed by atoms with van der Waals surface area (Å²) in [5.41, 5.74) is 1.54. The lowest BCUT2D eigenvalue weighted by molar-refractivity contribution is 0.125. The topological polar surface area (TPSA) is 47.6 Å². The predicted octanol–water partition coefficient (Wildman–Crippen LogP) is 2.40. The lowest BCUT2D eigenvalue weighted by Gasteiger charge is -2.30. The van der Waals surface area contributed by atoms with Crippen LogP contribution >= 0.6 is 12.2 Å². The summed E-state index contributed by atoms with van der Waals surface area (Å²) >= 11 is 5.43. The minimum atomic E-state index is -0.0610. The van der Waals surface area contributed by atoms with Crippen LogP contribution in [0.5, 0.6) is 0 Å². The number of nitrogens with zero attached hydrogens (tertiary/aromatic N) is 2. The van der Waals surface area contributed by atoms with Crippen LogP contribution in [0.15, 0.2) is 11.6 Å². The average Bonchev–Trinajstić information content (AvgIpc) is 2.98. The first-order chi connectivity index (χ1) is 10.2. The van der Waals surface area contributed by atoms with Crippen LogP contribution in [0.1, 0.15) is 45.4 Å². The Bertz CT molecular complexity index is 410. The molecule has 0 atom stereocenters. The van der Waals surface area contributed by atoms with Crippen molar-refractivity contribution in [2.75, 3.05) is 26.2 Å². The lowest BCUT2D eigenvalue weighted by Crippen LogP contribution is -2.52. The van der Waals surface area contributed by atoms with Crippen molar-refractivity contribution in [1.29, 1.82) is 0 Å². The maximum atomic E-state index is 12.0. The van der Waals surface area contributed by atoms with Gasteiger partial charge in [0.05, 0.1) is 0 Å². The van der Waals surface area contributed by atoms with Crippen LogP contribution in [-0.4, -0.2) is 47.3 Å². The van der Waals surface area contributed by atoms with E-state index in [-0.39, 0.29) is 6.03 Å². The van der Waals surface area contributed by atoms with Crippen LogP contribution in [0.25, 0.3) is 0 Å². The standard InChI is InChI=1S/C15H26N4OS/c1-2-16-14(20)18-11-6-12-19(18)15(21)17-10-9-13-7-4-3-5-8-13/h7H,2-6,8-12H2,1H3,(H,16,20)(H,17,21). The first-order valence-electron chi connectivity index (χ1n) is 8.01. The summed E-state index contributed by atoms with van der Waals surface area (Å²) in [4.78, 5) is 12.0. The molecule has 0 unspecified atom stereocenters. The van der Waals surface area contributed by atoms with Gasteiger partial charge in [0.25, 0.3) is 0 Å². The van der Waals surface area contributed by atoms with Crippen LogP contribution in [0, 0.1) is 0 Å². The van der Waals surface area contributed by atoms with Gasteiger partial charge in [0, 0.05) is 26.2 Å². The Labute approximate surface area is 132 Å². The molecule has 2 N–H and O–H groups in total. The van der Waals surface area contributed by atoms with E-state index in [0.29, 0.717) is 11.7 Å². The highest BCUT2D eigenvalue weighted by atomic mass is 32.1. The van der Waals surface area contributed by atoms with Crippen LogP contribution in [0.2, 0.25) is 0 Å². The van der Waals surface area contributed by atoms with Gasteiger partial charge in [-0.15, -0.1) is 0 Å². The molecule has 0 radical (unpaired) electrons. The molecule has 0 saturated carbocycles. The Kier molecular flexibility index (Phi) is 6.29. The Hall–Kier alpha value is -1.30. The normalized spacial score (nSPS) is 18.4. The van der Waals surface area contributed by atoms with E-state index in [1.807, 2.05) is 11.9 Å². The molecule has 6 heteroatoms. The van der Waals surface area contributed by atoms with Gasteiger partial charge in [-0.3, -0.25) is 5.01 Å². The van der Waals surface area contributed by atoms with Crippen molar-refractivity contribution in [3.05, 3.63) is 11.6 Å². The number of nitrogens with one attached hydrogen (secondary N) is 2. The number of hydrogen-bond donors (Lipinski definition) is 2. The molecule has 1 aliphatic carbocycles. The molecule has 2 amide bonds. The van der Waals surface area contributed by atoms with Gasteiger partial charge in [0.2, 0.25) is 0 Å². The molecule has 0 bridgehead atoms. The Balaban J connectivity index is 1.76. The maximum absolute atomic E-state index is 12.0. The molecule has 2 aliphatic rings. The molecule has 0 aromatic heterocycles. The summed E-state index contributed by atoms with van der Waals surface area (Å²) in [6.45, 7) is 4.96. The fourth-order valence-corrected chi connectivity index (χ4v) is 3.12. The Morgan fingerprint density at radius 2 is 2.05 bits per heavy atom. The van der Waals surface area contributed by atoms with Gasteiger partial charge in [0.15, 0.2) is 5.11 Å². The Morgan fingerprint density at radius 1 is 1.24 bits per heavy atom. The van der Waals surface area contributed by atoms with Crippen molar-refractivity contribution >= 4 is 23.4 Å². The van der Waals surface area contributed by atoms with Crippen LogP contribution < -0.4 is 10.6 Å². The number of urea groups is 1. The van der Waals surface area contributed by atoms with E-state index in [1.165, 1.54) is 25.7 Å². The molecule has 1 fully saturated rings. The maximum Gasteiger partial charge on any atom is 0.336 e. The van der Waals surface area contributed by atoms with E-state index in [1.54, 1.807) is 10.6 Å². The number of allylic oxidation sites excluding steroid dienone is 1. The van der Waals surface area contributed by atoms with E-state index in [9.17, 15) is 4.79 Å². The molecule has 1 saturated heterocycles. The van der Waals surface area contributed by atoms with Gasteiger partial charge in [-0.2, -0.15) is 0 Å². The van der Waals surface area contributed by atoms with Gasteiger partial charge in [-0.05, 0) is 57.7 Å². The average molecular weight is 310 g/mol. The number of hydrogen-bond acceptors (Lipinski definition) is 2. The van der Waals surface area contributed by atoms with Crippen LogP contribution in [0.4, 0.5) is 4.79 Å². The SMILES string of the molecule is CCNC(=O)N1CCCN1C(=S)NCCC1=CCCCC1. The zero-order valence-corrected chi connectivity index (χ0v) is 13.7.